The van der Waals surface area contributed by atoms with E-state index in [1.54, 1.807) is 24.3 Å². The van der Waals surface area contributed by atoms with Gasteiger partial charge in [0.1, 0.15) is 0 Å². The summed E-state index contributed by atoms with van der Waals surface area (Å²) in [4.78, 5) is 23.0. The molecule has 0 spiro atoms. The fourth-order valence-electron chi connectivity index (χ4n) is 2.46. The predicted octanol–water partition coefficient (Wildman–Crippen LogP) is 3.66. The minimum absolute atomic E-state index is 0.243. The molecule has 6 nitrogen and oxygen atoms in total. The number of hydrogen-bond acceptors (Lipinski definition) is 4. The van der Waals surface area contributed by atoms with Crippen LogP contribution < -0.4 is 16.0 Å². The molecule has 126 valence electrons. The molecule has 0 radical (unpaired) electrons. The maximum Gasteiger partial charge on any atom is 0.411 e. The zero-order valence-corrected chi connectivity index (χ0v) is 14.1. The Balaban J connectivity index is 1.69. The van der Waals surface area contributed by atoms with Crippen LogP contribution in [0.15, 0.2) is 24.3 Å². The topological polar surface area (TPSA) is 79.5 Å². The summed E-state index contributed by atoms with van der Waals surface area (Å²) in [5, 5.41) is 8.91. The van der Waals surface area contributed by atoms with Crippen LogP contribution in [-0.2, 0) is 4.74 Å². The van der Waals surface area contributed by atoms with Crippen molar-refractivity contribution in [3.8, 4) is 0 Å². The van der Waals surface area contributed by atoms with Gasteiger partial charge in [-0.3, -0.25) is 5.32 Å². The molecule has 0 heterocycles. The van der Waals surface area contributed by atoms with Crippen LogP contribution in [0.2, 0.25) is 0 Å². The standard InChI is InChI=1S/C16H23N3O3S/c1-22-16(21)19-13-6-4-5-12(11-13)18-15(20)17-9-10-23-14-7-2-3-8-14/h4-6,11,14H,2-3,7-10H2,1H3,(H,19,21)(H2,17,18,20). The molecule has 1 aromatic rings. The van der Waals surface area contributed by atoms with Gasteiger partial charge >= 0.3 is 12.1 Å². The van der Waals surface area contributed by atoms with Gasteiger partial charge in [0.2, 0.25) is 0 Å². The average Bonchev–Trinajstić information content (AvgIpc) is 3.05. The van der Waals surface area contributed by atoms with Gasteiger partial charge in [-0.25, -0.2) is 9.59 Å². The van der Waals surface area contributed by atoms with E-state index < -0.39 is 6.09 Å². The Labute approximate surface area is 140 Å². The van der Waals surface area contributed by atoms with E-state index >= 15 is 0 Å². The Kier molecular flexibility index (Phi) is 7.06. The minimum Gasteiger partial charge on any atom is -0.453 e. The van der Waals surface area contributed by atoms with Gasteiger partial charge in [0.15, 0.2) is 0 Å². The van der Waals surface area contributed by atoms with Gasteiger partial charge in [0.25, 0.3) is 0 Å². The van der Waals surface area contributed by atoms with E-state index in [-0.39, 0.29) is 6.03 Å². The lowest BCUT2D eigenvalue weighted by Crippen LogP contribution is -2.30. The first-order chi connectivity index (χ1) is 11.2. The third-order valence-corrected chi connectivity index (χ3v) is 4.98. The fourth-order valence-corrected chi connectivity index (χ4v) is 3.68. The van der Waals surface area contributed by atoms with Crippen LogP contribution in [0.1, 0.15) is 25.7 Å². The Morgan fingerprint density at radius 3 is 2.61 bits per heavy atom. The molecule has 0 aromatic heterocycles. The Morgan fingerprint density at radius 1 is 1.22 bits per heavy atom. The zero-order chi connectivity index (χ0) is 16.5. The highest BCUT2D eigenvalue weighted by molar-refractivity contribution is 7.99. The van der Waals surface area contributed by atoms with Crippen molar-refractivity contribution in [2.75, 3.05) is 30.0 Å². The Bertz CT molecular complexity index is 533. The monoisotopic (exact) mass is 337 g/mol. The molecule has 2 rings (SSSR count). The number of hydrogen-bond donors (Lipinski definition) is 3. The highest BCUT2D eigenvalue weighted by Crippen LogP contribution is 2.28. The first-order valence-corrected chi connectivity index (χ1v) is 8.84. The summed E-state index contributed by atoms with van der Waals surface area (Å²) >= 11 is 1.94. The van der Waals surface area contributed by atoms with Crippen molar-refractivity contribution < 1.29 is 14.3 Å². The van der Waals surface area contributed by atoms with Crippen molar-refractivity contribution in [1.82, 2.24) is 5.32 Å². The van der Waals surface area contributed by atoms with Crippen molar-refractivity contribution in [2.45, 2.75) is 30.9 Å². The normalized spacial score (nSPS) is 14.3. The lowest BCUT2D eigenvalue weighted by molar-refractivity contribution is 0.187. The molecule has 0 bridgehead atoms. The molecule has 1 saturated carbocycles. The summed E-state index contributed by atoms with van der Waals surface area (Å²) < 4.78 is 4.53. The highest BCUT2D eigenvalue weighted by Gasteiger charge is 2.14. The number of carbonyl (C=O) groups excluding carboxylic acids is 2. The lowest BCUT2D eigenvalue weighted by atomic mass is 10.3. The molecule has 0 unspecified atom stereocenters. The van der Waals surface area contributed by atoms with Gasteiger partial charge in [0, 0.05) is 28.9 Å². The van der Waals surface area contributed by atoms with Crippen LogP contribution in [0.25, 0.3) is 0 Å². The summed E-state index contributed by atoms with van der Waals surface area (Å²) in [5.74, 6) is 0.933. The SMILES string of the molecule is COC(=O)Nc1cccc(NC(=O)NCCSC2CCCC2)c1. The quantitative estimate of drug-likeness (QED) is 0.692. The first kappa shape index (κ1) is 17.5. The number of anilines is 2. The van der Waals surface area contributed by atoms with Gasteiger partial charge in [-0.05, 0) is 31.0 Å². The molecule has 0 atom stereocenters. The van der Waals surface area contributed by atoms with Gasteiger partial charge in [0.05, 0.1) is 7.11 Å². The molecule has 23 heavy (non-hydrogen) atoms. The average molecular weight is 337 g/mol. The summed E-state index contributed by atoms with van der Waals surface area (Å²) in [6.45, 7) is 0.646. The van der Waals surface area contributed by atoms with Crippen LogP contribution in [0.5, 0.6) is 0 Å². The lowest BCUT2D eigenvalue weighted by Gasteiger charge is -2.11. The van der Waals surface area contributed by atoms with E-state index in [0.29, 0.717) is 17.9 Å². The molecular formula is C16H23N3O3S. The summed E-state index contributed by atoms with van der Waals surface area (Å²) in [6, 6.07) is 6.65. The first-order valence-electron chi connectivity index (χ1n) is 7.79. The molecule has 3 amide bonds. The molecule has 7 heteroatoms. The van der Waals surface area contributed by atoms with Crippen LogP contribution >= 0.6 is 11.8 Å². The van der Waals surface area contributed by atoms with E-state index in [9.17, 15) is 9.59 Å². The van der Waals surface area contributed by atoms with Crippen LogP contribution in [0, 0.1) is 0 Å². The van der Waals surface area contributed by atoms with Gasteiger partial charge in [-0.1, -0.05) is 18.9 Å². The summed E-state index contributed by atoms with van der Waals surface area (Å²) in [5.41, 5.74) is 1.17. The van der Waals surface area contributed by atoms with Gasteiger partial charge in [-0.15, -0.1) is 0 Å². The number of ether oxygens (including phenoxy) is 1. The van der Waals surface area contributed by atoms with Crippen molar-refractivity contribution >= 4 is 35.3 Å². The van der Waals surface area contributed by atoms with E-state index in [0.717, 1.165) is 11.0 Å². The molecule has 1 aliphatic carbocycles. The second-order valence-corrected chi connectivity index (χ2v) is 6.76. The fraction of sp³-hybridized carbons (Fsp3) is 0.500. The van der Waals surface area contributed by atoms with Gasteiger partial charge < -0.3 is 15.4 Å². The molecule has 0 saturated heterocycles. The second-order valence-electron chi connectivity index (χ2n) is 5.36. The van der Waals surface area contributed by atoms with Crippen LogP contribution in [0.3, 0.4) is 0 Å². The van der Waals surface area contributed by atoms with Crippen LogP contribution in [0.4, 0.5) is 21.0 Å². The third kappa shape index (κ3) is 6.40. The predicted molar refractivity (Wildman–Crippen MR) is 94.2 cm³/mol. The second kappa shape index (κ2) is 9.29. The molecule has 1 fully saturated rings. The molecule has 3 N–H and O–H groups in total. The number of amides is 3. The maximum atomic E-state index is 11.9. The Hall–Kier alpha value is -1.89. The number of rotatable bonds is 6. The third-order valence-electron chi connectivity index (χ3n) is 3.60. The molecule has 1 aliphatic rings. The number of nitrogens with one attached hydrogen (secondary N) is 3. The van der Waals surface area contributed by atoms with Crippen LogP contribution in [-0.4, -0.2) is 36.8 Å². The van der Waals surface area contributed by atoms with E-state index in [2.05, 4.69) is 20.7 Å². The number of methoxy groups -OCH3 is 1. The molecular weight excluding hydrogens is 314 g/mol. The number of thioether (sulfide) groups is 1. The van der Waals surface area contributed by atoms with Gasteiger partial charge in [-0.2, -0.15) is 11.8 Å². The van der Waals surface area contributed by atoms with Crippen molar-refractivity contribution in [1.29, 1.82) is 0 Å². The van der Waals surface area contributed by atoms with Crippen molar-refractivity contribution in [3.05, 3.63) is 24.3 Å². The smallest absolute Gasteiger partial charge is 0.411 e. The van der Waals surface area contributed by atoms with E-state index in [1.165, 1.54) is 32.8 Å². The number of carbonyl (C=O) groups is 2. The highest BCUT2D eigenvalue weighted by atomic mass is 32.2. The van der Waals surface area contributed by atoms with Crippen molar-refractivity contribution in [3.63, 3.8) is 0 Å². The molecule has 0 aliphatic heterocycles. The number of benzene rings is 1. The maximum absolute atomic E-state index is 11.9. The van der Waals surface area contributed by atoms with E-state index in [1.807, 2.05) is 11.8 Å². The number of urea groups is 1. The minimum atomic E-state index is -0.546. The zero-order valence-electron chi connectivity index (χ0n) is 13.3. The van der Waals surface area contributed by atoms with Crippen molar-refractivity contribution in [2.24, 2.45) is 0 Å². The molecule has 1 aromatic carbocycles. The Morgan fingerprint density at radius 2 is 1.91 bits per heavy atom. The van der Waals surface area contributed by atoms with E-state index in [4.69, 9.17) is 0 Å². The largest absolute Gasteiger partial charge is 0.453 e. The summed E-state index contributed by atoms with van der Waals surface area (Å²) in [7, 11) is 1.30. The summed E-state index contributed by atoms with van der Waals surface area (Å²) in [6.07, 6.45) is 4.73.